The van der Waals surface area contributed by atoms with Crippen molar-refractivity contribution in [3.8, 4) is 0 Å². The van der Waals surface area contributed by atoms with Gasteiger partial charge < -0.3 is 12.6 Å². The van der Waals surface area contributed by atoms with Crippen LogP contribution in [0.2, 0.25) is 0 Å². The lowest BCUT2D eigenvalue weighted by Crippen LogP contribution is -1.90. The van der Waals surface area contributed by atoms with Crippen molar-refractivity contribution in [2.45, 2.75) is 17.1 Å². The van der Waals surface area contributed by atoms with E-state index in [4.69, 9.17) is 12.6 Å². The monoisotopic (exact) mass is 171 g/mol. The molecule has 0 saturated carbocycles. The van der Waals surface area contributed by atoms with Crippen LogP contribution in [0.25, 0.3) is 0 Å². The predicted octanol–water partition coefficient (Wildman–Crippen LogP) is 1.41. The Morgan fingerprint density at radius 1 is 1.50 bits per heavy atom. The molecule has 0 saturated heterocycles. The summed E-state index contributed by atoms with van der Waals surface area (Å²) in [5.41, 5.74) is 0.935. The Balaban J connectivity index is 3.06. The van der Waals surface area contributed by atoms with Gasteiger partial charge in [0.15, 0.2) is 5.16 Å². The van der Waals surface area contributed by atoms with E-state index in [-0.39, 0.29) is 0 Å². The Morgan fingerprint density at radius 2 is 2.20 bits per heavy atom. The molecule has 0 radical (unpaired) electrons. The van der Waals surface area contributed by atoms with Crippen molar-refractivity contribution in [1.82, 2.24) is 9.97 Å². The fourth-order valence-electron chi connectivity index (χ4n) is 0.605. The molecule has 1 aromatic rings. The number of nitrogens with zero attached hydrogens (tertiary/aromatic N) is 2. The molecule has 0 amide bonds. The molecule has 1 rings (SSSR count). The Bertz CT molecular complexity index is 217. The van der Waals surface area contributed by atoms with Crippen LogP contribution in [0.4, 0.5) is 0 Å². The SMILES string of the molecule is CSc1nc(C)cc([S-])n1. The normalized spacial score (nSPS) is 9.80. The third kappa shape index (κ3) is 1.82. The van der Waals surface area contributed by atoms with E-state index in [2.05, 4.69) is 9.97 Å². The van der Waals surface area contributed by atoms with Crippen LogP contribution in [0, 0.1) is 6.92 Å². The average molecular weight is 171 g/mol. The van der Waals surface area contributed by atoms with E-state index in [1.54, 1.807) is 6.07 Å². The third-order valence-corrected chi connectivity index (χ3v) is 1.75. The summed E-state index contributed by atoms with van der Waals surface area (Å²) >= 11 is 6.40. The Kier molecular flexibility index (Phi) is 2.45. The van der Waals surface area contributed by atoms with Crippen LogP contribution in [-0.2, 0) is 12.6 Å². The first-order valence-corrected chi connectivity index (χ1v) is 4.42. The van der Waals surface area contributed by atoms with Gasteiger partial charge in [0, 0.05) is 5.69 Å². The van der Waals surface area contributed by atoms with Gasteiger partial charge >= 0.3 is 0 Å². The molecule has 10 heavy (non-hydrogen) atoms. The van der Waals surface area contributed by atoms with E-state index in [0.717, 1.165) is 10.9 Å². The first-order chi connectivity index (χ1) is 4.72. The first kappa shape index (κ1) is 7.75. The van der Waals surface area contributed by atoms with Crippen LogP contribution in [0.15, 0.2) is 16.2 Å². The molecule has 0 aliphatic rings. The van der Waals surface area contributed by atoms with Crippen LogP contribution < -0.4 is 0 Å². The van der Waals surface area contributed by atoms with Crippen LogP contribution >= 0.6 is 11.8 Å². The standard InChI is InChI=1S/C6H8N2S2/c1-4-3-5(9)8-6(7-4)10-2/h3H,1-2H3,(H,7,8,9)/p-1. The maximum atomic E-state index is 4.89. The van der Waals surface area contributed by atoms with Gasteiger partial charge in [0.1, 0.15) is 0 Å². The number of hydrogen-bond donors (Lipinski definition) is 0. The summed E-state index contributed by atoms with van der Waals surface area (Å²) in [7, 11) is 0. The number of rotatable bonds is 1. The lowest BCUT2D eigenvalue weighted by Gasteiger charge is -2.05. The van der Waals surface area contributed by atoms with Crippen molar-refractivity contribution in [3.05, 3.63) is 11.8 Å². The van der Waals surface area contributed by atoms with Crippen molar-refractivity contribution in [3.63, 3.8) is 0 Å². The molecule has 0 atom stereocenters. The van der Waals surface area contributed by atoms with Crippen LogP contribution in [0.5, 0.6) is 0 Å². The molecular weight excluding hydrogens is 164 g/mol. The van der Waals surface area contributed by atoms with E-state index in [1.807, 2.05) is 13.2 Å². The average Bonchev–Trinajstić information content (AvgIpc) is 1.85. The number of hydrogen-bond acceptors (Lipinski definition) is 4. The summed E-state index contributed by atoms with van der Waals surface area (Å²) in [4.78, 5) is 8.16. The number of aromatic nitrogens is 2. The second-order valence-electron chi connectivity index (χ2n) is 1.83. The van der Waals surface area contributed by atoms with Gasteiger partial charge in [-0.15, -0.1) is 0 Å². The van der Waals surface area contributed by atoms with Crippen molar-refractivity contribution in [2.24, 2.45) is 0 Å². The minimum atomic E-state index is 0.622. The zero-order chi connectivity index (χ0) is 7.56. The lowest BCUT2D eigenvalue weighted by molar-refractivity contribution is 0.868. The molecule has 0 bridgehead atoms. The smallest absolute Gasteiger partial charge is 0.185 e. The van der Waals surface area contributed by atoms with Crippen molar-refractivity contribution >= 4 is 24.4 Å². The topological polar surface area (TPSA) is 25.8 Å². The van der Waals surface area contributed by atoms with Gasteiger partial charge in [0.2, 0.25) is 0 Å². The Morgan fingerprint density at radius 3 is 2.70 bits per heavy atom. The summed E-state index contributed by atoms with van der Waals surface area (Å²) in [5, 5.41) is 1.38. The summed E-state index contributed by atoms with van der Waals surface area (Å²) in [6.45, 7) is 1.91. The molecule has 0 spiro atoms. The molecule has 0 N–H and O–H groups in total. The third-order valence-electron chi connectivity index (χ3n) is 0.993. The quantitative estimate of drug-likeness (QED) is 0.276. The van der Waals surface area contributed by atoms with Crippen LogP contribution in [0.3, 0.4) is 0 Å². The van der Waals surface area contributed by atoms with Crippen LogP contribution in [0.1, 0.15) is 5.69 Å². The van der Waals surface area contributed by atoms with E-state index >= 15 is 0 Å². The summed E-state index contributed by atoms with van der Waals surface area (Å²) in [5.74, 6) is 0. The summed E-state index contributed by atoms with van der Waals surface area (Å²) in [6.07, 6.45) is 1.93. The fraction of sp³-hybridized carbons (Fsp3) is 0.333. The maximum Gasteiger partial charge on any atom is 0.185 e. The van der Waals surface area contributed by atoms with Gasteiger partial charge in [-0.3, -0.25) is 4.98 Å². The van der Waals surface area contributed by atoms with Gasteiger partial charge in [0.05, 0.1) is 0 Å². The highest BCUT2D eigenvalue weighted by Crippen LogP contribution is 2.09. The molecule has 0 fully saturated rings. The van der Waals surface area contributed by atoms with Gasteiger partial charge in [-0.2, -0.15) is 0 Å². The molecule has 2 nitrogen and oxygen atoms in total. The largest absolute Gasteiger partial charge is 0.760 e. The Hall–Kier alpha value is -0.350. The Labute approximate surface area is 69.9 Å². The molecule has 1 aromatic heterocycles. The second-order valence-corrected chi connectivity index (χ2v) is 3.03. The molecule has 0 aromatic carbocycles. The molecule has 4 heteroatoms. The van der Waals surface area contributed by atoms with Crippen molar-refractivity contribution < 1.29 is 0 Å². The second kappa shape index (κ2) is 3.16. The minimum Gasteiger partial charge on any atom is -0.760 e. The maximum absolute atomic E-state index is 4.89. The molecule has 54 valence electrons. The summed E-state index contributed by atoms with van der Waals surface area (Å²) < 4.78 is 0. The number of aryl methyl sites for hydroxylation is 1. The molecular formula is C6H7N2S2-. The molecule has 1 heterocycles. The van der Waals surface area contributed by atoms with Gasteiger partial charge in [0.25, 0.3) is 0 Å². The van der Waals surface area contributed by atoms with Gasteiger partial charge in [-0.05, 0) is 19.2 Å². The molecule has 0 aliphatic carbocycles. The van der Waals surface area contributed by atoms with E-state index < -0.39 is 0 Å². The first-order valence-electron chi connectivity index (χ1n) is 2.79. The number of thioether (sulfide) groups is 1. The molecule has 0 unspecified atom stereocenters. The zero-order valence-corrected chi connectivity index (χ0v) is 7.42. The van der Waals surface area contributed by atoms with Crippen molar-refractivity contribution in [1.29, 1.82) is 0 Å². The predicted molar refractivity (Wildman–Crippen MR) is 44.2 cm³/mol. The minimum absolute atomic E-state index is 0.622. The van der Waals surface area contributed by atoms with Gasteiger partial charge in [-0.1, -0.05) is 16.8 Å². The van der Waals surface area contributed by atoms with E-state index in [9.17, 15) is 0 Å². The summed E-state index contributed by atoms with van der Waals surface area (Å²) in [6, 6.07) is 1.79. The highest BCUT2D eigenvalue weighted by Gasteiger charge is 1.91. The van der Waals surface area contributed by atoms with Crippen molar-refractivity contribution in [2.75, 3.05) is 6.26 Å². The fourth-order valence-corrected chi connectivity index (χ4v) is 1.34. The zero-order valence-electron chi connectivity index (χ0n) is 5.79. The van der Waals surface area contributed by atoms with Gasteiger partial charge in [-0.25, -0.2) is 4.98 Å². The van der Waals surface area contributed by atoms with E-state index in [1.165, 1.54) is 11.8 Å². The lowest BCUT2D eigenvalue weighted by atomic mass is 10.5. The highest BCUT2D eigenvalue weighted by molar-refractivity contribution is 7.98. The van der Waals surface area contributed by atoms with Crippen LogP contribution in [-0.4, -0.2) is 16.2 Å². The van der Waals surface area contributed by atoms with E-state index in [0.29, 0.717) is 5.03 Å². The highest BCUT2D eigenvalue weighted by atomic mass is 32.2. The molecule has 0 aliphatic heterocycles.